The van der Waals surface area contributed by atoms with Crippen LogP contribution in [0.5, 0.6) is 5.75 Å². The zero-order chi connectivity index (χ0) is 13.5. The Morgan fingerprint density at radius 2 is 2.16 bits per heavy atom. The first-order valence-corrected chi connectivity index (χ1v) is 7.63. The van der Waals surface area contributed by atoms with E-state index in [4.69, 9.17) is 16.3 Å². The fourth-order valence-corrected chi connectivity index (χ4v) is 2.63. The molecule has 0 aliphatic heterocycles. The van der Waals surface area contributed by atoms with Crippen LogP contribution >= 0.6 is 22.9 Å². The fraction of sp³-hybridized carbons (Fsp3) is 0.333. The van der Waals surface area contributed by atoms with Gasteiger partial charge >= 0.3 is 0 Å². The smallest absolute Gasteiger partial charge is 0.138 e. The van der Waals surface area contributed by atoms with Crippen molar-refractivity contribution in [3.05, 3.63) is 51.2 Å². The van der Waals surface area contributed by atoms with E-state index in [1.165, 1.54) is 4.88 Å². The SMILES string of the molecule is Cc1ccc(Cl)c(OCCNCCc2cccs2)c1. The van der Waals surface area contributed by atoms with E-state index in [9.17, 15) is 0 Å². The maximum absolute atomic E-state index is 6.06. The number of thiophene rings is 1. The molecule has 0 saturated heterocycles. The van der Waals surface area contributed by atoms with E-state index >= 15 is 0 Å². The van der Waals surface area contributed by atoms with Crippen molar-refractivity contribution >= 4 is 22.9 Å². The van der Waals surface area contributed by atoms with Gasteiger partial charge in [-0.05, 0) is 42.5 Å². The number of halogens is 1. The molecule has 2 aromatic rings. The highest BCUT2D eigenvalue weighted by molar-refractivity contribution is 7.09. The van der Waals surface area contributed by atoms with E-state index in [-0.39, 0.29) is 0 Å². The zero-order valence-electron chi connectivity index (χ0n) is 11.0. The maximum atomic E-state index is 6.06. The average molecular weight is 296 g/mol. The predicted octanol–water partition coefficient (Wildman–Crippen LogP) is 3.92. The summed E-state index contributed by atoms with van der Waals surface area (Å²) in [6, 6.07) is 10.1. The summed E-state index contributed by atoms with van der Waals surface area (Å²) in [6.45, 7) is 4.47. The Morgan fingerprint density at radius 3 is 2.95 bits per heavy atom. The Kier molecular flexibility index (Phi) is 5.70. The predicted molar refractivity (Wildman–Crippen MR) is 82.6 cm³/mol. The molecule has 0 fully saturated rings. The summed E-state index contributed by atoms with van der Waals surface area (Å²) in [5.41, 5.74) is 1.16. The maximum Gasteiger partial charge on any atom is 0.138 e. The van der Waals surface area contributed by atoms with Gasteiger partial charge in [-0.15, -0.1) is 11.3 Å². The third-order valence-corrected chi connectivity index (χ3v) is 4.00. The van der Waals surface area contributed by atoms with Crippen LogP contribution in [0.15, 0.2) is 35.7 Å². The molecule has 0 amide bonds. The van der Waals surface area contributed by atoms with Crippen molar-refractivity contribution in [1.82, 2.24) is 5.32 Å². The van der Waals surface area contributed by atoms with E-state index in [2.05, 4.69) is 22.8 Å². The van der Waals surface area contributed by atoms with Gasteiger partial charge in [-0.2, -0.15) is 0 Å². The molecule has 0 spiro atoms. The van der Waals surface area contributed by atoms with Gasteiger partial charge in [0.15, 0.2) is 0 Å². The van der Waals surface area contributed by atoms with Crippen molar-refractivity contribution in [2.45, 2.75) is 13.3 Å². The van der Waals surface area contributed by atoms with E-state index in [1.807, 2.05) is 25.1 Å². The van der Waals surface area contributed by atoms with Gasteiger partial charge in [0.2, 0.25) is 0 Å². The molecule has 19 heavy (non-hydrogen) atoms. The third kappa shape index (κ3) is 4.86. The molecule has 0 bridgehead atoms. The molecule has 1 aromatic carbocycles. The van der Waals surface area contributed by atoms with Gasteiger partial charge in [-0.1, -0.05) is 23.7 Å². The fourth-order valence-electron chi connectivity index (χ4n) is 1.75. The lowest BCUT2D eigenvalue weighted by Gasteiger charge is -2.09. The largest absolute Gasteiger partial charge is 0.491 e. The van der Waals surface area contributed by atoms with Crippen molar-refractivity contribution in [3.8, 4) is 5.75 Å². The Morgan fingerprint density at radius 1 is 1.26 bits per heavy atom. The Bertz CT molecular complexity index is 499. The van der Waals surface area contributed by atoms with Crippen LogP contribution in [0.25, 0.3) is 0 Å². The highest BCUT2D eigenvalue weighted by atomic mass is 35.5. The molecule has 0 radical (unpaired) electrons. The first-order chi connectivity index (χ1) is 9.25. The van der Waals surface area contributed by atoms with Crippen molar-refractivity contribution in [2.75, 3.05) is 19.7 Å². The summed E-state index contributed by atoms with van der Waals surface area (Å²) in [5.74, 6) is 0.765. The molecule has 0 aliphatic carbocycles. The summed E-state index contributed by atoms with van der Waals surface area (Å²) in [7, 11) is 0. The number of aryl methyl sites for hydroxylation is 1. The molecule has 1 aromatic heterocycles. The summed E-state index contributed by atoms with van der Waals surface area (Å²) in [6.07, 6.45) is 1.07. The van der Waals surface area contributed by atoms with Crippen LogP contribution in [0.1, 0.15) is 10.4 Å². The van der Waals surface area contributed by atoms with Crippen LogP contribution in [0.3, 0.4) is 0 Å². The Labute approximate surface area is 123 Å². The first kappa shape index (κ1) is 14.4. The highest BCUT2D eigenvalue weighted by Gasteiger charge is 2.01. The molecule has 102 valence electrons. The summed E-state index contributed by atoms with van der Waals surface area (Å²) in [5, 5.41) is 6.15. The standard InChI is InChI=1S/C15H18ClNOS/c1-12-4-5-14(16)15(11-12)18-9-8-17-7-6-13-3-2-10-19-13/h2-5,10-11,17H,6-9H2,1H3. The van der Waals surface area contributed by atoms with Crippen molar-refractivity contribution in [1.29, 1.82) is 0 Å². The molecule has 4 heteroatoms. The van der Waals surface area contributed by atoms with Gasteiger partial charge in [0.25, 0.3) is 0 Å². The van der Waals surface area contributed by atoms with Crippen molar-refractivity contribution in [3.63, 3.8) is 0 Å². The lowest BCUT2D eigenvalue weighted by atomic mass is 10.2. The van der Waals surface area contributed by atoms with Crippen LogP contribution < -0.4 is 10.1 Å². The van der Waals surface area contributed by atoms with E-state index in [0.29, 0.717) is 11.6 Å². The molecule has 1 heterocycles. The molecule has 1 N–H and O–H groups in total. The second kappa shape index (κ2) is 7.53. The van der Waals surface area contributed by atoms with Crippen LogP contribution in [-0.4, -0.2) is 19.7 Å². The Balaban J connectivity index is 1.62. The third-order valence-electron chi connectivity index (χ3n) is 2.75. The number of nitrogens with one attached hydrogen (secondary N) is 1. The molecule has 0 saturated carbocycles. The normalized spacial score (nSPS) is 10.6. The highest BCUT2D eigenvalue weighted by Crippen LogP contribution is 2.24. The number of hydrogen-bond donors (Lipinski definition) is 1. The van der Waals surface area contributed by atoms with Crippen molar-refractivity contribution < 1.29 is 4.74 Å². The summed E-state index contributed by atoms with van der Waals surface area (Å²) in [4.78, 5) is 1.41. The number of hydrogen-bond acceptors (Lipinski definition) is 3. The molecular formula is C15H18ClNOS. The minimum absolute atomic E-state index is 0.633. The summed E-state index contributed by atoms with van der Waals surface area (Å²) >= 11 is 7.86. The van der Waals surface area contributed by atoms with E-state index in [0.717, 1.165) is 30.8 Å². The van der Waals surface area contributed by atoms with E-state index in [1.54, 1.807) is 11.3 Å². The second-order valence-corrected chi connectivity index (χ2v) is 5.80. The van der Waals surface area contributed by atoms with Gasteiger partial charge < -0.3 is 10.1 Å². The van der Waals surface area contributed by atoms with Crippen molar-refractivity contribution in [2.24, 2.45) is 0 Å². The zero-order valence-corrected chi connectivity index (χ0v) is 12.6. The van der Waals surface area contributed by atoms with Crippen LogP contribution in [0, 0.1) is 6.92 Å². The topological polar surface area (TPSA) is 21.3 Å². The van der Waals surface area contributed by atoms with Crippen LogP contribution in [0.4, 0.5) is 0 Å². The summed E-state index contributed by atoms with van der Waals surface area (Å²) < 4.78 is 5.66. The molecule has 0 aliphatic rings. The molecular weight excluding hydrogens is 278 g/mol. The quantitative estimate of drug-likeness (QED) is 0.782. The minimum Gasteiger partial charge on any atom is -0.491 e. The van der Waals surface area contributed by atoms with Crippen LogP contribution in [-0.2, 0) is 6.42 Å². The van der Waals surface area contributed by atoms with Gasteiger partial charge in [-0.25, -0.2) is 0 Å². The van der Waals surface area contributed by atoms with Gasteiger partial charge in [-0.3, -0.25) is 0 Å². The van der Waals surface area contributed by atoms with E-state index < -0.39 is 0 Å². The monoisotopic (exact) mass is 295 g/mol. The first-order valence-electron chi connectivity index (χ1n) is 6.38. The molecule has 2 nitrogen and oxygen atoms in total. The van der Waals surface area contributed by atoms with Gasteiger partial charge in [0.05, 0.1) is 5.02 Å². The van der Waals surface area contributed by atoms with Crippen LogP contribution in [0.2, 0.25) is 5.02 Å². The van der Waals surface area contributed by atoms with Gasteiger partial charge in [0, 0.05) is 18.0 Å². The van der Waals surface area contributed by atoms with Gasteiger partial charge in [0.1, 0.15) is 12.4 Å². The molecule has 0 atom stereocenters. The lowest BCUT2D eigenvalue weighted by molar-refractivity contribution is 0.314. The molecule has 0 unspecified atom stereocenters. The number of rotatable bonds is 7. The minimum atomic E-state index is 0.633. The second-order valence-electron chi connectivity index (χ2n) is 4.36. The number of benzene rings is 1. The average Bonchev–Trinajstić information content (AvgIpc) is 2.90. The number of ether oxygens (including phenoxy) is 1. The molecule has 2 rings (SSSR count). The Hall–Kier alpha value is -1.03. The lowest BCUT2D eigenvalue weighted by Crippen LogP contribution is -2.23.